The van der Waals surface area contributed by atoms with Crippen LogP contribution in [0, 0.1) is 5.41 Å². The first-order chi connectivity index (χ1) is 7.82. The number of benzene rings is 1. The quantitative estimate of drug-likeness (QED) is 0.615. The van der Waals surface area contributed by atoms with Crippen LogP contribution in [0.5, 0.6) is 0 Å². The van der Waals surface area contributed by atoms with Gasteiger partial charge in [0, 0.05) is 11.6 Å². The van der Waals surface area contributed by atoms with E-state index in [1.54, 1.807) is 0 Å². The molecule has 16 heavy (non-hydrogen) atoms. The second kappa shape index (κ2) is 2.77. The van der Waals surface area contributed by atoms with Gasteiger partial charge in [-0.05, 0) is 55.6 Å². The van der Waals surface area contributed by atoms with Gasteiger partial charge in [0.1, 0.15) is 0 Å². The van der Waals surface area contributed by atoms with Crippen LogP contribution < -0.4 is 0 Å². The first-order valence-corrected chi connectivity index (χ1v) is 6.47. The molecule has 0 amide bonds. The van der Waals surface area contributed by atoms with Gasteiger partial charge in [-0.25, -0.2) is 0 Å². The lowest BCUT2D eigenvalue weighted by molar-refractivity contribution is 0.275. The van der Waals surface area contributed by atoms with Crippen molar-refractivity contribution in [1.82, 2.24) is 0 Å². The van der Waals surface area contributed by atoms with Gasteiger partial charge in [-0.1, -0.05) is 18.2 Å². The van der Waals surface area contributed by atoms with Crippen LogP contribution in [0.25, 0.3) is 0 Å². The molecular weight excluding hydrogens is 194 g/mol. The predicted molar refractivity (Wildman–Crippen MR) is 66.4 cm³/mol. The van der Waals surface area contributed by atoms with E-state index in [1.165, 1.54) is 49.8 Å². The van der Waals surface area contributed by atoms with Gasteiger partial charge in [0.15, 0.2) is 0 Å². The van der Waals surface area contributed by atoms with E-state index in [4.69, 9.17) is 0 Å². The Morgan fingerprint density at radius 3 is 2.31 bits per heavy atom. The SMILES string of the molecule is C1=Nc2ccccc2C12CCC1(CC1)CC2. The molecule has 1 heteroatoms. The molecule has 2 saturated carbocycles. The standard InChI is InChI=1S/C15H17N/c1-2-4-13-12(3-1)15(11-16-13)9-7-14(5-6-14)8-10-15/h1-4,11H,5-10H2. The zero-order valence-electron chi connectivity index (χ0n) is 9.58. The minimum absolute atomic E-state index is 0.310. The van der Waals surface area contributed by atoms with E-state index in [-0.39, 0.29) is 0 Å². The summed E-state index contributed by atoms with van der Waals surface area (Å²) < 4.78 is 0. The van der Waals surface area contributed by atoms with Gasteiger partial charge >= 0.3 is 0 Å². The Balaban J connectivity index is 1.71. The molecule has 0 N–H and O–H groups in total. The largest absolute Gasteiger partial charge is 0.260 e. The molecule has 0 bridgehead atoms. The molecule has 1 aliphatic heterocycles. The van der Waals surface area contributed by atoms with Crippen LogP contribution in [0.3, 0.4) is 0 Å². The highest BCUT2D eigenvalue weighted by molar-refractivity contribution is 5.85. The van der Waals surface area contributed by atoms with Crippen molar-refractivity contribution in [2.24, 2.45) is 10.4 Å². The Bertz CT molecular complexity index is 458. The fraction of sp³-hybridized carbons (Fsp3) is 0.533. The molecule has 82 valence electrons. The topological polar surface area (TPSA) is 12.4 Å². The summed E-state index contributed by atoms with van der Waals surface area (Å²) in [6.45, 7) is 0. The lowest BCUT2D eigenvalue weighted by Crippen LogP contribution is -2.32. The molecule has 1 aromatic carbocycles. The molecule has 1 aromatic rings. The molecule has 2 spiro atoms. The number of fused-ring (bicyclic) bond motifs is 2. The second-order valence-electron chi connectivity index (χ2n) is 5.93. The number of nitrogens with zero attached hydrogens (tertiary/aromatic N) is 1. The van der Waals surface area contributed by atoms with Gasteiger partial charge in [0.2, 0.25) is 0 Å². The van der Waals surface area contributed by atoms with Crippen LogP contribution in [0.15, 0.2) is 29.3 Å². The molecular formula is C15H17N. The summed E-state index contributed by atoms with van der Waals surface area (Å²) in [4.78, 5) is 4.62. The molecule has 3 aliphatic rings. The van der Waals surface area contributed by atoms with Gasteiger partial charge in [0.25, 0.3) is 0 Å². The van der Waals surface area contributed by atoms with E-state index in [2.05, 4.69) is 35.5 Å². The third-order valence-electron chi connectivity index (χ3n) is 5.05. The summed E-state index contributed by atoms with van der Waals surface area (Å²) in [5, 5.41) is 0. The number of para-hydroxylation sites is 1. The van der Waals surface area contributed by atoms with Crippen LogP contribution in [0.1, 0.15) is 44.1 Å². The Labute approximate surface area is 96.6 Å². The third kappa shape index (κ3) is 1.09. The fourth-order valence-electron chi connectivity index (χ4n) is 3.57. The van der Waals surface area contributed by atoms with E-state index in [0.717, 1.165) is 5.41 Å². The van der Waals surface area contributed by atoms with Gasteiger partial charge < -0.3 is 0 Å². The van der Waals surface area contributed by atoms with E-state index in [0.29, 0.717) is 5.41 Å². The molecule has 1 nitrogen and oxygen atoms in total. The Kier molecular flexibility index (Phi) is 1.55. The van der Waals surface area contributed by atoms with Gasteiger partial charge in [0.05, 0.1) is 5.69 Å². The summed E-state index contributed by atoms with van der Waals surface area (Å²) in [7, 11) is 0. The van der Waals surface area contributed by atoms with Crippen molar-refractivity contribution in [3.63, 3.8) is 0 Å². The van der Waals surface area contributed by atoms with Crippen molar-refractivity contribution >= 4 is 11.9 Å². The maximum Gasteiger partial charge on any atom is 0.0667 e. The van der Waals surface area contributed by atoms with Gasteiger partial charge in [-0.3, -0.25) is 4.99 Å². The lowest BCUT2D eigenvalue weighted by atomic mass is 9.67. The van der Waals surface area contributed by atoms with Crippen molar-refractivity contribution in [1.29, 1.82) is 0 Å². The molecule has 0 unspecified atom stereocenters. The van der Waals surface area contributed by atoms with Crippen LogP contribution >= 0.6 is 0 Å². The highest BCUT2D eigenvalue weighted by atomic mass is 14.8. The summed E-state index contributed by atoms with van der Waals surface area (Å²) >= 11 is 0. The van der Waals surface area contributed by atoms with Crippen molar-refractivity contribution in [3.8, 4) is 0 Å². The average Bonchev–Trinajstić information content (AvgIpc) is 3.01. The molecule has 2 aliphatic carbocycles. The molecule has 0 aromatic heterocycles. The van der Waals surface area contributed by atoms with Crippen molar-refractivity contribution in [2.45, 2.75) is 43.9 Å². The molecule has 0 radical (unpaired) electrons. The molecule has 4 rings (SSSR count). The van der Waals surface area contributed by atoms with E-state index in [1.807, 2.05) is 0 Å². The van der Waals surface area contributed by atoms with Crippen molar-refractivity contribution < 1.29 is 0 Å². The monoisotopic (exact) mass is 211 g/mol. The normalized spacial score (nSPS) is 27.2. The minimum atomic E-state index is 0.310. The summed E-state index contributed by atoms with van der Waals surface area (Å²) in [6.07, 6.45) is 10.7. The van der Waals surface area contributed by atoms with Crippen molar-refractivity contribution in [2.75, 3.05) is 0 Å². The number of rotatable bonds is 0. The zero-order chi connectivity index (χ0) is 10.6. The molecule has 0 atom stereocenters. The van der Waals surface area contributed by atoms with Crippen LogP contribution in [0.4, 0.5) is 5.69 Å². The van der Waals surface area contributed by atoms with Crippen LogP contribution in [-0.4, -0.2) is 6.21 Å². The summed E-state index contributed by atoms with van der Waals surface area (Å²) in [5.74, 6) is 0. The fourth-order valence-corrected chi connectivity index (χ4v) is 3.57. The molecule has 2 fully saturated rings. The zero-order valence-corrected chi connectivity index (χ0v) is 9.58. The van der Waals surface area contributed by atoms with E-state index >= 15 is 0 Å². The number of aliphatic imine (C=N–C) groups is 1. The smallest absolute Gasteiger partial charge is 0.0667 e. The van der Waals surface area contributed by atoms with Crippen molar-refractivity contribution in [3.05, 3.63) is 29.8 Å². The minimum Gasteiger partial charge on any atom is -0.260 e. The van der Waals surface area contributed by atoms with E-state index < -0.39 is 0 Å². The third-order valence-corrected chi connectivity index (χ3v) is 5.05. The maximum absolute atomic E-state index is 4.62. The van der Waals surface area contributed by atoms with Gasteiger partial charge in [-0.15, -0.1) is 0 Å². The number of hydrogen-bond acceptors (Lipinski definition) is 1. The lowest BCUT2D eigenvalue weighted by Gasteiger charge is -2.36. The average molecular weight is 211 g/mol. The Morgan fingerprint density at radius 2 is 1.56 bits per heavy atom. The summed E-state index contributed by atoms with van der Waals surface area (Å²) in [5.41, 5.74) is 3.79. The van der Waals surface area contributed by atoms with Crippen LogP contribution in [0.2, 0.25) is 0 Å². The molecule has 1 heterocycles. The van der Waals surface area contributed by atoms with E-state index in [9.17, 15) is 0 Å². The molecule has 0 saturated heterocycles. The highest BCUT2D eigenvalue weighted by Crippen LogP contribution is 2.61. The second-order valence-corrected chi connectivity index (χ2v) is 5.93. The first-order valence-electron chi connectivity index (χ1n) is 6.47. The predicted octanol–water partition coefficient (Wildman–Crippen LogP) is 3.99. The summed E-state index contributed by atoms with van der Waals surface area (Å²) in [6, 6.07) is 8.70. The Hall–Kier alpha value is -1.11. The maximum atomic E-state index is 4.62. The number of hydrogen-bond donors (Lipinski definition) is 0. The van der Waals surface area contributed by atoms with Gasteiger partial charge in [-0.2, -0.15) is 0 Å². The highest BCUT2D eigenvalue weighted by Gasteiger charge is 2.50. The van der Waals surface area contributed by atoms with Crippen LogP contribution in [-0.2, 0) is 5.41 Å². The first kappa shape index (κ1) is 8.98. The Morgan fingerprint density at radius 1 is 0.875 bits per heavy atom.